The fourth-order valence-electron chi connectivity index (χ4n) is 2.17. The molecule has 2 heterocycles. The lowest BCUT2D eigenvalue weighted by Gasteiger charge is -2.21. The molecule has 0 saturated carbocycles. The Morgan fingerprint density at radius 1 is 1.42 bits per heavy atom. The summed E-state index contributed by atoms with van der Waals surface area (Å²) in [6, 6.07) is 0. The van der Waals surface area contributed by atoms with Crippen LogP contribution >= 0.6 is 11.3 Å². The van der Waals surface area contributed by atoms with Gasteiger partial charge in [0.1, 0.15) is 5.69 Å². The molecule has 0 fully saturated rings. The molecule has 0 spiro atoms. The average Bonchev–Trinajstić information content (AvgIpc) is 3.09. The van der Waals surface area contributed by atoms with Gasteiger partial charge in [-0.05, 0) is 12.8 Å². The van der Waals surface area contributed by atoms with Gasteiger partial charge in [0.25, 0.3) is 0 Å². The van der Waals surface area contributed by atoms with E-state index < -0.39 is 11.9 Å². The molecule has 0 bridgehead atoms. The van der Waals surface area contributed by atoms with Crippen LogP contribution in [0.5, 0.6) is 0 Å². The van der Waals surface area contributed by atoms with Gasteiger partial charge < -0.3 is 9.63 Å². The third kappa shape index (κ3) is 2.28. The van der Waals surface area contributed by atoms with Crippen molar-refractivity contribution in [3.63, 3.8) is 0 Å². The average molecular weight is 277 g/mol. The van der Waals surface area contributed by atoms with E-state index in [0.29, 0.717) is 30.3 Å². The van der Waals surface area contributed by atoms with Gasteiger partial charge in [0, 0.05) is 5.38 Å². The number of allylic oxidation sites excluding steroid dienone is 2. The van der Waals surface area contributed by atoms with Crippen molar-refractivity contribution in [2.75, 3.05) is 0 Å². The SMILES string of the molecule is O=C(O)[C@H]1CC=CC[C@H]1c1nc(-c2cscn2)no1. The van der Waals surface area contributed by atoms with Crippen LogP contribution in [-0.4, -0.2) is 26.2 Å². The van der Waals surface area contributed by atoms with E-state index in [-0.39, 0.29) is 5.92 Å². The Hall–Kier alpha value is -2.02. The standard InChI is InChI=1S/C12H11N3O3S/c16-12(17)8-4-2-1-3-7(8)11-14-10(15-18-11)9-5-19-6-13-9/h1-2,5-8H,3-4H2,(H,16,17)/t7-,8+/m1/s1. The number of rotatable bonds is 3. The zero-order valence-electron chi connectivity index (χ0n) is 9.89. The van der Waals surface area contributed by atoms with Crippen molar-refractivity contribution in [1.82, 2.24) is 15.1 Å². The molecule has 0 aliphatic heterocycles. The minimum atomic E-state index is -0.831. The number of aromatic nitrogens is 3. The van der Waals surface area contributed by atoms with Gasteiger partial charge >= 0.3 is 5.97 Å². The molecule has 6 nitrogen and oxygen atoms in total. The van der Waals surface area contributed by atoms with Crippen LogP contribution in [0.3, 0.4) is 0 Å². The highest BCUT2D eigenvalue weighted by Gasteiger charge is 2.34. The summed E-state index contributed by atoms with van der Waals surface area (Å²) in [5, 5.41) is 14.9. The number of hydrogen-bond acceptors (Lipinski definition) is 6. The van der Waals surface area contributed by atoms with Crippen LogP contribution in [0.25, 0.3) is 11.5 Å². The molecule has 0 unspecified atom stereocenters. The quantitative estimate of drug-likeness (QED) is 0.866. The summed E-state index contributed by atoms with van der Waals surface area (Å²) < 4.78 is 5.21. The summed E-state index contributed by atoms with van der Waals surface area (Å²) >= 11 is 1.45. The second kappa shape index (κ2) is 4.93. The van der Waals surface area contributed by atoms with Crippen LogP contribution in [-0.2, 0) is 4.79 Å². The summed E-state index contributed by atoms with van der Waals surface area (Å²) in [6.07, 6.45) is 4.94. The lowest BCUT2D eigenvalue weighted by molar-refractivity contribution is -0.142. The normalized spacial score (nSPS) is 22.5. The molecule has 98 valence electrons. The van der Waals surface area contributed by atoms with Crippen molar-refractivity contribution >= 4 is 17.3 Å². The Morgan fingerprint density at radius 3 is 3.00 bits per heavy atom. The van der Waals surface area contributed by atoms with Crippen molar-refractivity contribution < 1.29 is 14.4 Å². The molecule has 0 saturated heterocycles. The Labute approximate surface area is 112 Å². The fraction of sp³-hybridized carbons (Fsp3) is 0.333. The maximum absolute atomic E-state index is 11.2. The molecule has 0 aromatic carbocycles. The molecule has 1 aliphatic rings. The first-order valence-corrected chi connectivity index (χ1v) is 6.80. The summed E-state index contributed by atoms with van der Waals surface area (Å²) in [4.78, 5) is 19.6. The van der Waals surface area contributed by atoms with Gasteiger partial charge in [-0.15, -0.1) is 11.3 Å². The van der Waals surface area contributed by atoms with Crippen molar-refractivity contribution in [2.45, 2.75) is 18.8 Å². The van der Waals surface area contributed by atoms with Gasteiger partial charge in [0.05, 0.1) is 17.3 Å². The van der Waals surface area contributed by atoms with Crippen LogP contribution in [0.4, 0.5) is 0 Å². The maximum Gasteiger partial charge on any atom is 0.307 e. The molecule has 7 heteroatoms. The lowest BCUT2D eigenvalue weighted by atomic mass is 9.83. The van der Waals surface area contributed by atoms with E-state index in [1.54, 1.807) is 5.51 Å². The molecular weight excluding hydrogens is 266 g/mol. The molecule has 0 radical (unpaired) electrons. The molecule has 2 aromatic heterocycles. The Kier molecular flexibility index (Phi) is 3.12. The van der Waals surface area contributed by atoms with Gasteiger partial charge in [-0.1, -0.05) is 17.3 Å². The molecule has 1 aliphatic carbocycles. The zero-order valence-corrected chi connectivity index (χ0v) is 10.7. The van der Waals surface area contributed by atoms with E-state index in [0.717, 1.165) is 0 Å². The van der Waals surface area contributed by atoms with Crippen LogP contribution in [0.15, 0.2) is 27.6 Å². The Bertz CT molecular complexity index is 606. The van der Waals surface area contributed by atoms with Gasteiger partial charge in [0.15, 0.2) is 0 Å². The highest BCUT2D eigenvalue weighted by atomic mass is 32.1. The molecule has 3 rings (SSSR count). The van der Waals surface area contributed by atoms with Gasteiger partial charge in [-0.2, -0.15) is 4.98 Å². The van der Waals surface area contributed by atoms with Crippen molar-refractivity contribution in [1.29, 1.82) is 0 Å². The van der Waals surface area contributed by atoms with E-state index in [9.17, 15) is 9.90 Å². The number of aliphatic carboxylic acids is 1. The van der Waals surface area contributed by atoms with Crippen molar-refractivity contribution in [3.05, 3.63) is 28.9 Å². The third-order valence-electron chi connectivity index (χ3n) is 3.17. The smallest absolute Gasteiger partial charge is 0.307 e. The predicted molar refractivity (Wildman–Crippen MR) is 67.6 cm³/mol. The van der Waals surface area contributed by atoms with E-state index in [2.05, 4.69) is 15.1 Å². The molecule has 1 N–H and O–H groups in total. The van der Waals surface area contributed by atoms with Crippen LogP contribution < -0.4 is 0 Å². The first-order chi connectivity index (χ1) is 9.25. The number of carboxylic acids is 1. The molecule has 19 heavy (non-hydrogen) atoms. The van der Waals surface area contributed by atoms with Gasteiger partial charge in [-0.25, -0.2) is 4.98 Å². The van der Waals surface area contributed by atoms with E-state index in [1.807, 2.05) is 17.5 Å². The summed E-state index contributed by atoms with van der Waals surface area (Å²) in [6.45, 7) is 0. The van der Waals surface area contributed by atoms with E-state index in [4.69, 9.17) is 4.52 Å². The largest absolute Gasteiger partial charge is 0.481 e. The monoisotopic (exact) mass is 277 g/mol. The van der Waals surface area contributed by atoms with E-state index in [1.165, 1.54) is 11.3 Å². The number of carboxylic acid groups (broad SMARTS) is 1. The fourth-order valence-corrected chi connectivity index (χ4v) is 2.70. The number of carbonyl (C=O) groups is 1. The van der Waals surface area contributed by atoms with Gasteiger partial charge in [-0.3, -0.25) is 4.79 Å². The van der Waals surface area contributed by atoms with Crippen LogP contribution in [0, 0.1) is 5.92 Å². The number of hydrogen-bond donors (Lipinski definition) is 1. The molecule has 0 amide bonds. The van der Waals surface area contributed by atoms with Crippen molar-refractivity contribution in [3.8, 4) is 11.5 Å². The molecule has 2 aromatic rings. The Balaban J connectivity index is 1.89. The van der Waals surface area contributed by atoms with Crippen molar-refractivity contribution in [2.24, 2.45) is 5.92 Å². The van der Waals surface area contributed by atoms with Gasteiger partial charge in [0.2, 0.25) is 11.7 Å². The zero-order chi connectivity index (χ0) is 13.2. The number of thiazole rings is 1. The Morgan fingerprint density at radius 2 is 2.26 bits per heavy atom. The maximum atomic E-state index is 11.2. The third-order valence-corrected chi connectivity index (χ3v) is 3.76. The van der Waals surface area contributed by atoms with E-state index >= 15 is 0 Å². The topological polar surface area (TPSA) is 89.1 Å². The minimum Gasteiger partial charge on any atom is -0.481 e. The lowest BCUT2D eigenvalue weighted by Crippen LogP contribution is -2.23. The first-order valence-electron chi connectivity index (χ1n) is 5.85. The molecular formula is C12H11N3O3S. The second-order valence-corrected chi connectivity index (χ2v) is 5.04. The summed E-state index contributed by atoms with van der Waals surface area (Å²) in [5.41, 5.74) is 2.34. The number of nitrogens with zero attached hydrogens (tertiary/aromatic N) is 3. The molecule has 2 atom stereocenters. The predicted octanol–water partition coefficient (Wildman–Crippen LogP) is 2.33. The highest BCUT2D eigenvalue weighted by Crippen LogP contribution is 2.34. The van der Waals surface area contributed by atoms with Crippen LogP contribution in [0.1, 0.15) is 24.7 Å². The first kappa shape index (κ1) is 12.0. The van der Waals surface area contributed by atoms with Crippen LogP contribution in [0.2, 0.25) is 0 Å². The summed E-state index contributed by atoms with van der Waals surface area (Å²) in [5.74, 6) is -0.812. The summed E-state index contributed by atoms with van der Waals surface area (Å²) in [7, 11) is 0. The minimum absolute atomic E-state index is 0.262. The highest BCUT2D eigenvalue weighted by molar-refractivity contribution is 7.07. The second-order valence-electron chi connectivity index (χ2n) is 4.32.